The summed E-state index contributed by atoms with van der Waals surface area (Å²) >= 11 is 0. The van der Waals surface area contributed by atoms with Crippen molar-refractivity contribution in [3.8, 4) is 0 Å². The lowest BCUT2D eigenvalue weighted by Crippen LogP contribution is -2.32. The zero-order valence-corrected chi connectivity index (χ0v) is 13.4. The highest BCUT2D eigenvalue weighted by molar-refractivity contribution is 7.89. The lowest BCUT2D eigenvalue weighted by Gasteiger charge is -2.15. The van der Waals surface area contributed by atoms with Crippen LogP contribution in [0.1, 0.15) is 39.5 Å². The van der Waals surface area contributed by atoms with Gasteiger partial charge in [0, 0.05) is 17.6 Å². The van der Waals surface area contributed by atoms with Gasteiger partial charge in [0.25, 0.3) is 0 Å². The Bertz CT molecular complexity index is 693. The third-order valence-electron chi connectivity index (χ3n) is 3.48. The maximum Gasteiger partial charge on any atom is 0.242 e. The second kappa shape index (κ2) is 7.00. The van der Waals surface area contributed by atoms with Crippen molar-refractivity contribution in [1.82, 2.24) is 9.71 Å². The number of hydrogen-bond acceptors (Lipinski definition) is 3. The van der Waals surface area contributed by atoms with Crippen LogP contribution in [-0.4, -0.2) is 19.4 Å². The third-order valence-corrected chi connectivity index (χ3v) is 5.10. The molecule has 0 saturated carbocycles. The third kappa shape index (κ3) is 4.02. The fourth-order valence-electron chi connectivity index (χ4n) is 2.38. The predicted octanol–water partition coefficient (Wildman–Crippen LogP) is 3.48. The minimum atomic E-state index is -3.54. The molecule has 1 aromatic heterocycles. The average molecular weight is 306 g/mol. The number of aromatic nitrogens is 1. The van der Waals surface area contributed by atoms with Crippen LogP contribution in [0.2, 0.25) is 0 Å². The summed E-state index contributed by atoms with van der Waals surface area (Å²) in [5.74, 6) is 0. The Labute approximate surface area is 126 Å². The van der Waals surface area contributed by atoms with Gasteiger partial charge in [-0.05, 0) is 25.5 Å². The zero-order chi connectivity index (χ0) is 15.3. The minimum absolute atomic E-state index is 0.0690. The molecule has 0 aliphatic rings. The van der Waals surface area contributed by atoms with Crippen molar-refractivity contribution in [2.75, 3.05) is 0 Å². The van der Waals surface area contributed by atoms with E-state index in [-0.39, 0.29) is 10.9 Å². The fraction of sp³-hybridized carbons (Fsp3) is 0.438. The lowest BCUT2D eigenvalue weighted by molar-refractivity contribution is 0.527. The van der Waals surface area contributed by atoms with Gasteiger partial charge >= 0.3 is 0 Å². The van der Waals surface area contributed by atoms with E-state index in [4.69, 9.17) is 0 Å². The summed E-state index contributed by atoms with van der Waals surface area (Å²) in [4.78, 5) is 4.46. The smallest absolute Gasteiger partial charge is 0.242 e. The second-order valence-electron chi connectivity index (χ2n) is 5.35. The molecule has 1 atom stereocenters. The van der Waals surface area contributed by atoms with E-state index < -0.39 is 10.0 Å². The predicted molar refractivity (Wildman–Crippen MR) is 85.7 cm³/mol. The van der Waals surface area contributed by atoms with E-state index in [0.717, 1.165) is 31.1 Å². The zero-order valence-electron chi connectivity index (χ0n) is 12.5. The highest BCUT2D eigenvalue weighted by Crippen LogP contribution is 2.21. The quantitative estimate of drug-likeness (QED) is 0.797. The second-order valence-corrected chi connectivity index (χ2v) is 7.03. The van der Waals surface area contributed by atoms with Crippen molar-refractivity contribution in [2.24, 2.45) is 0 Å². The number of hydrogen-bond donors (Lipinski definition) is 1. The van der Waals surface area contributed by atoms with Gasteiger partial charge in [-0.15, -0.1) is 0 Å². The van der Waals surface area contributed by atoms with Gasteiger partial charge in [-0.2, -0.15) is 0 Å². The van der Waals surface area contributed by atoms with Crippen molar-refractivity contribution in [1.29, 1.82) is 0 Å². The summed E-state index contributed by atoms with van der Waals surface area (Å²) in [5, 5.41) is 0.832. The Hall–Kier alpha value is -1.46. The molecule has 0 fully saturated rings. The molecule has 0 saturated heterocycles. The SMILES string of the molecule is CCCCCC(C)NS(=O)(=O)c1cccc2cccnc12. The van der Waals surface area contributed by atoms with Crippen LogP contribution in [0.15, 0.2) is 41.4 Å². The summed E-state index contributed by atoms with van der Waals surface area (Å²) in [6.45, 7) is 4.04. The van der Waals surface area contributed by atoms with Crippen molar-refractivity contribution in [3.05, 3.63) is 36.5 Å². The normalized spacial score (nSPS) is 13.4. The van der Waals surface area contributed by atoms with Gasteiger partial charge in [-0.3, -0.25) is 4.98 Å². The Morgan fingerprint density at radius 3 is 2.71 bits per heavy atom. The molecule has 0 radical (unpaired) electrons. The van der Waals surface area contributed by atoms with Crippen molar-refractivity contribution in [2.45, 2.75) is 50.5 Å². The van der Waals surface area contributed by atoms with E-state index in [0.29, 0.717) is 5.52 Å². The number of rotatable bonds is 7. The summed E-state index contributed by atoms with van der Waals surface area (Å²) in [5.41, 5.74) is 0.522. The van der Waals surface area contributed by atoms with Gasteiger partial charge in [0.15, 0.2) is 0 Å². The van der Waals surface area contributed by atoms with E-state index in [1.54, 1.807) is 24.4 Å². The maximum atomic E-state index is 12.5. The first-order valence-electron chi connectivity index (χ1n) is 7.40. The van der Waals surface area contributed by atoms with E-state index in [1.165, 1.54) is 0 Å². The maximum absolute atomic E-state index is 12.5. The van der Waals surface area contributed by atoms with Gasteiger partial charge in [0.05, 0.1) is 5.52 Å². The molecule has 2 aromatic rings. The summed E-state index contributed by atoms with van der Waals surface area (Å²) in [6.07, 6.45) is 5.76. The van der Waals surface area contributed by atoms with E-state index in [9.17, 15) is 8.42 Å². The number of nitrogens with zero attached hydrogens (tertiary/aromatic N) is 1. The monoisotopic (exact) mass is 306 g/mol. The van der Waals surface area contributed by atoms with Crippen LogP contribution in [0, 0.1) is 0 Å². The number of fused-ring (bicyclic) bond motifs is 1. The van der Waals surface area contributed by atoms with Gasteiger partial charge < -0.3 is 0 Å². The van der Waals surface area contributed by atoms with Gasteiger partial charge in [-0.25, -0.2) is 13.1 Å². The molecule has 5 heteroatoms. The molecule has 0 amide bonds. The molecule has 1 aromatic carbocycles. The molecule has 1 N–H and O–H groups in total. The first-order chi connectivity index (χ1) is 10.0. The van der Waals surface area contributed by atoms with E-state index in [1.807, 2.05) is 19.1 Å². The molecule has 1 heterocycles. The van der Waals surface area contributed by atoms with Crippen LogP contribution in [0.3, 0.4) is 0 Å². The molecule has 0 aliphatic heterocycles. The van der Waals surface area contributed by atoms with Crippen LogP contribution < -0.4 is 4.72 Å². The molecule has 2 rings (SSSR count). The molecule has 0 spiro atoms. The van der Waals surface area contributed by atoms with Crippen LogP contribution in [-0.2, 0) is 10.0 Å². The fourth-order valence-corrected chi connectivity index (χ4v) is 3.84. The number of benzene rings is 1. The van der Waals surface area contributed by atoms with Crippen LogP contribution in [0.4, 0.5) is 0 Å². The van der Waals surface area contributed by atoms with Crippen molar-refractivity contribution in [3.63, 3.8) is 0 Å². The van der Waals surface area contributed by atoms with Gasteiger partial charge in [0.1, 0.15) is 4.90 Å². The van der Waals surface area contributed by atoms with Gasteiger partial charge in [-0.1, -0.05) is 44.4 Å². The van der Waals surface area contributed by atoms with Crippen LogP contribution in [0.5, 0.6) is 0 Å². The molecular weight excluding hydrogens is 284 g/mol. The Balaban J connectivity index is 2.22. The molecule has 21 heavy (non-hydrogen) atoms. The highest BCUT2D eigenvalue weighted by Gasteiger charge is 2.20. The molecule has 0 bridgehead atoms. The standard InChI is InChI=1S/C16H22N2O2S/c1-3-4-5-8-13(2)18-21(19,20)15-11-6-9-14-10-7-12-17-16(14)15/h6-7,9-13,18H,3-5,8H2,1-2H3. The number of pyridine rings is 1. The number of nitrogens with one attached hydrogen (secondary N) is 1. The average Bonchev–Trinajstić information content (AvgIpc) is 2.46. The van der Waals surface area contributed by atoms with Crippen LogP contribution in [0.25, 0.3) is 10.9 Å². The van der Waals surface area contributed by atoms with Crippen molar-refractivity contribution >= 4 is 20.9 Å². The Kier molecular flexibility index (Phi) is 5.31. The molecule has 114 valence electrons. The van der Waals surface area contributed by atoms with E-state index in [2.05, 4.69) is 16.6 Å². The Morgan fingerprint density at radius 1 is 1.19 bits per heavy atom. The first-order valence-corrected chi connectivity index (χ1v) is 8.89. The first kappa shape index (κ1) is 15.9. The van der Waals surface area contributed by atoms with Crippen LogP contribution >= 0.6 is 0 Å². The highest BCUT2D eigenvalue weighted by atomic mass is 32.2. The molecule has 1 unspecified atom stereocenters. The van der Waals surface area contributed by atoms with Crippen molar-refractivity contribution < 1.29 is 8.42 Å². The largest absolute Gasteiger partial charge is 0.255 e. The number of para-hydroxylation sites is 1. The molecule has 0 aliphatic carbocycles. The van der Waals surface area contributed by atoms with Gasteiger partial charge in [0.2, 0.25) is 10.0 Å². The summed E-state index contributed by atoms with van der Waals surface area (Å²) in [6, 6.07) is 8.83. The number of sulfonamides is 1. The summed E-state index contributed by atoms with van der Waals surface area (Å²) < 4.78 is 27.8. The lowest BCUT2D eigenvalue weighted by atomic mass is 10.1. The number of unbranched alkanes of at least 4 members (excludes halogenated alkanes) is 2. The molecule has 4 nitrogen and oxygen atoms in total. The summed E-state index contributed by atoms with van der Waals surface area (Å²) in [7, 11) is -3.54. The Morgan fingerprint density at radius 2 is 1.95 bits per heavy atom. The topological polar surface area (TPSA) is 59.1 Å². The molecular formula is C16H22N2O2S. The van der Waals surface area contributed by atoms with E-state index >= 15 is 0 Å². The minimum Gasteiger partial charge on any atom is -0.255 e.